The molecule has 0 saturated carbocycles. The van der Waals surface area contributed by atoms with Crippen molar-refractivity contribution in [1.82, 2.24) is 4.90 Å². The highest BCUT2D eigenvalue weighted by molar-refractivity contribution is 14.2. The lowest BCUT2D eigenvalue weighted by Crippen LogP contribution is -2.33. The Morgan fingerprint density at radius 1 is 1.38 bits per heavy atom. The van der Waals surface area contributed by atoms with Crippen LogP contribution in [0.25, 0.3) is 0 Å². The lowest BCUT2D eigenvalue weighted by atomic mass is 10.1. The third-order valence-electron chi connectivity index (χ3n) is 2.64. The van der Waals surface area contributed by atoms with Crippen LogP contribution in [0.15, 0.2) is 22.7 Å². The van der Waals surface area contributed by atoms with Crippen molar-refractivity contribution in [3.05, 3.63) is 33.8 Å². The van der Waals surface area contributed by atoms with Crippen LogP contribution in [-0.4, -0.2) is 23.7 Å². The van der Waals surface area contributed by atoms with Gasteiger partial charge in [0.1, 0.15) is 5.60 Å². The summed E-state index contributed by atoms with van der Waals surface area (Å²) in [5, 5.41) is 0. The predicted molar refractivity (Wildman–Crippen MR) is 98.2 cm³/mol. The fraction of sp³-hybridized carbons (Fsp3) is 0.500. The van der Waals surface area contributed by atoms with Crippen molar-refractivity contribution in [2.75, 3.05) is 7.11 Å². The lowest BCUT2D eigenvalue weighted by molar-refractivity contribution is 0.0241. The number of amides is 1. The minimum Gasteiger partial charge on any atom is -0.444 e. The Balaban J connectivity index is 0.000000491. The summed E-state index contributed by atoms with van der Waals surface area (Å²) in [6.45, 7) is 6.88. The van der Waals surface area contributed by atoms with Crippen LogP contribution < -0.4 is 0 Å². The van der Waals surface area contributed by atoms with Gasteiger partial charge in [-0.3, -0.25) is 4.90 Å². The fourth-order valence-electron chi connectivity index (χ4n) is 1.84. The molecule has 0 aromatic heterocycles. The van der Waals surface area contributed by atoms with Crippen molar-refractivity contribution in [1.29, 1.82) is 0 Å². The van der Waals surface area contributed by atoms with Gasteiger partial charge < -0.3 is 8.92 Å². The molecule has 1 amide bonds. The third-order valence-corrected chi connectivity index (χ3v) is 4.59. The highest BCUT2D eigenvalue weighted by atomic mass is 127. The van der Waals surface area contributed by atoms with Gasteiger partial charge in [0.15, 0.2) is 0 Å². The minimum absolute atomic E-state index is 0.249. The summed E-state index contributed by atoms with van der Waals surface area (Å²) in [6, 6.07) is 6.03. The van der Waals surface area contributed by atoms with E-state index >= 15 is 0 Å². The molecule has 0 aliphatic carbocycles. The lowest BCUT2D eigenvalue weighted by Gasteiger charge is -2.24. The molecule has 1 aromatic carbocycles. The monoisotopic (exact) mass is 487 g/mol. The molecule has 0 atom stereocenters. The molecule has 118 valence electrons. The Morgan fingerprint density at radius 3 is 2.48 bits per heavy atom. The Kier molecular flexibility index (Phi) is 7.80. The topological polar surface area (TPSA) is 38.8 Å². The summed E-state index contributed by atoms with van der Waals surface area (Å²) < 4.78 is 10.9. The maximum Gasteiger partial charge on any atom is 0.410 e. The van der Waals surface area contributed by atoms with Crippen molar-refractivity contribution in [2.24, 2.45) is 0 Å². The molecule has 7 heteroatoms. The first-order valence-electron chi connectivity index (χ1n) is 6.34. The molecule has 1 aromatic rings. The number of hydrogen-bond donors (Lipinski definition) is 0. The maximum atomic E-state index is 11.9. The van der Waals surface area contributed by atoms with E-state index in [9.17, 15) is 4.79 Å². The number of benzene rings is 1. The van der Waals surface area contributed by atoms with E-state index in [-0.39, 0.29) is 6.09 Å². The average Bonchev–Trinajstić information content (AvgIpc) is 2.83. The van der Waals surface area contributed by atoms with Gasteiger partial charge in [-0.2, -0.15) is 0 Å². The van der Waals surface area contributed by atoms with Gasteiger partial charge in [-0.05, 0) is 38.0 Å². The molecule has 4 nitrogen and oxygen atoms in total. The zero-order valence-corrected chi connectivity index (χ0v) is 17.0. The van der Waals surface area contributed by atoms with Gasteiger partial charge in [-0.15, -0.1) is 0 Å². The number of fused-ring (bicyclic) bond motifs is 1. The van der Waals surface area contributed by atoms with Crippen molar-refractivity contribution in [3.63, 3.8) is 0 Å². The number of nitrogens with zero attached hydrogens (tertiary/aromatic N) is 1. The van der Waals surface area contributed by atoms with Gasteiger partial charge in [-0.25, -0.2) is 4.79 Å². The molecular formula is C14H19BrINO3S. The number of hydrogen-bond acceptors (Lipinski definition) is 4. The first-order valence-corrected chi connectivity index (χ1v) is 10.4. The van der Waals surface area contributed by atoms with E-state index in [2.05, 4.69) is 20.1 Å². The molecule has 0 N–H and O–H groups in total. The smallest absolute Gasteiger partial charge is 0.410 e. The Labute approximate surface area is 150 Å². The van der Waals surface area contributed by atoms with Crippen molar-refractivity contribution >= 4 is 52.4 Å². The maximum absolute atomic E-state index is 11.9. The molecule has 0 fully saturated rings. The van der Waals surface area contributed by atoms with Crippen molar-refractivity contribution in [3.8, 4) is 0 Å². The zero-order valence-electron chi connectivity index (χ0n) is 12.5. The molecule has 1 aliphatic rings. The average molecular weight is 488 g/mol. The van der Waals surface area contributed by atoms with Crippen LogP contribution in [0, 0.1) is 0 Å². The number of ether oxygens (including phenoxy) is 1. The van der Waals surface area contributed by atoms with E-state index in [1.54, 1.807) is 12.0 Å². The highest BCUT2D eigenvalue weighted by Gasteiger charge is 2.28. The quantitative estimate of drug-likeness (QED) is 0.396. The minimum atomic E-state index is -0.441. The van der Waals surface area contributed by atoms with Crippen molar-refractivity contribution < 1.29 is 13.7 Å². The number of halogens is 2. The van der Waals surface area contributed by atoms with Crippen LogP contribution in [0.4, 0.5) is 4.79 Å². The summed E-state index contributed by atoms with van der Waals surface area (Å²) in [6.07, 6.45) is -0.249. The second-order valence-electron chi connectivity index (χ2n) is 5.44. The van der Waals surface area contributed by atoms with E-state index in [0.717, 1.165) is 4.47 Å². The van der Waals surface area contributed by atoms with Gasteiger partial charge in [-0.1, -0.05) is 28.1 Å². The largest absolute Gasteiger partial charge is 0.444 e. The summed E-state index contributed by atoms with van der Waals surface area (Å²) >= 11 is 5.55. The summed E-state index contributed by atoms with van der Waals surface area (Å²) in [4.78, 5) is 13.7. The first-order chi connectivity index (χ1) is 9.78. The molecular weight excluding hydrogens is 469 g/mol. The van der Waals surface area contributed by atoms with E-state index in [1.165, 1.54) is 20.3 Å². The zero-order chi connectivity index (χ0) is 16.0. The number of carbonyl (C=O) groups excluding carboxylic acids is 1. The first kappa shape index (κ1) is 19.1. The van der Waals surface area contributed by atoms with E-state index in [4.69, 9.17) is 4.74 Å². The number of carbonyl (C=O) groups is 1. The molecule has 0 unspecified atom stereocenters. The van der Waals surface area contributed by atoms with Gasteiger partial charge in [0, 0.05) is 32.2 Å². The summed E-state index contributed by atoms with van der Waals surface area (Å²) in [5.41, 5.74) is 1.92. The van der Waals surface area contributed by atoms with Crippen molar-refractivity contribution in [2.45, 2.75) is 39.5 Å². The molecule has 2 rings (SSSR count). The molecule has 21 heavy (non-hydrogen) atoms. The van der Waals surface area contributed by atoms with Gasteiger partial charge in [0.05, 0.1) is 22.9 Å². The highest BCUT2D eigenvalue weighted by Crippen LogP contribution is 2.30. The van der Waals surface area contributed by atoms with Gasteiger partial charge in [0.2, 0.25) is 0 Å². The summed E-state index contributed by atoms with van der Waals surface area (Å²) in [7, 11) is 2.96. The standard InChI is InChI=1S/C13H16BrNO2.CH3IOS/c1-13(2,3)17-12(16)15-7-9-5-4-6-11(14)10(9)8-15;1-3-4-2/h4-6H,7-8H2,1-3H3;1H3. The molecule has 0 bridgehead atoms. The van der Waals surface area contributed by atoms with E-state index < -0.39 is 5.60 Å². The summed E-state index contributed by atoms with van der Waals surface area (Å²) in [5.74, 6) is 0. The third kappa shape index (κ3) is 6.33. The second kappa shape index (κ2) is 8.59. The Bertz CT molecular complexity index is 492. The van der Waals surface area contributed by atoms with Gasteiger partial charge >= 0.3 is 6.09 Å². The molecule has 0 spiro atoms. The fourth-order valence-corrected chi connectivity index (χ4v) is 2.37. The molecule has 0 radical (unpaired) electrons. The van der Waals surface area contributed by atoms with E-state index in [1.807, 2.05) is 60.2 Å². The molecule has 1 aliphatic heterocycles. The van der Waals surface area contributed by atoms with Crippen LogP contribution >= 0.6 is 46.3 Å². The Hall–Kier alpha value is 0.0100. The second-order valence-corrected chi connectivity index (χ2v) is 7.84. The van der Waals surface area contributed by atoms with Gasteiger partial charge in [0.25, 0.3) is 0 Å². The number of rotatable bonds is 1. The van der Waals surface area contributed by atoms with E-state index in [0.29, 0.717) is 13.1 Å². The SMILES string of the molecule is CC(C)(C)OC(=O)N1Cc2cccc(Br)c2C1.COSI. The van der Waals surface area contributed by atoms with Crippen LogP contribution in [0.2, 0.25) is 0 Å². The molecule has 0 saturated heterocycles. The molecule has 1 heterocycles. The van der Waals surface area contributed by atoms with Crippen LogP contribution in [-0.2, 0) is 22.0 Å². The van der Waals surface area contributed by atoms with Crippen LogP contribution in [0.3, 0.4) is 0 Å². The van der Waals surface area contributed by atoms with Crippen LogP contribution in [0.1, 0.15) is 31.9 Å². The Morgan fingerprint density at radius 2 is 2.00 bits per heavy atom. The van der Waals surface area contributed by atoms with Crippen LogP contribution in [0.5, 0.6) is 0 Å². The predicted octanol–water partition coefficient (Wildman–Crippen LogP) is 5.33. The normalized spacial score (nSPS) is 13.3.